The molecule has 7 nitrogen and oxygen atoms in total. The molecule has 0 saturated carbocycles. The van der Waals surface area contributed by atoms with Gasteiger partial charge in [-0.05, 0) is 20.8 Å². The van der Waals surface area contributed by atoms with Gasteiger partial charge in [0.25, 0.3) is 0 Å². The lowest BCUT2D eigenvalue weighted by Crippen LogP contribution is -2.57. The maximum Gasteiger partial charge on any atom is 0.325 e. The van der Waals surface area contributed by atoms with Crippen molar-refractivity contribution >= 4 is 17.9 Å². The fourth-order valence-electron chi connectivity index (χ4n) is 0.640. The molecule has 3 amide bonds. The predicted octanol–water partition coefficient (Wildman–Crippen LogP) is -0.977. The van der Waals surface area contributed by atoms with E-state index in [-0.39, 0.29) is 0 Å². The number of aliphatic carboxylic acids is 1. The average molecular weight is 217 g/mol. The standard InChI is InChI=1S/C8H15N3O4/c1-4(5(12)13)10-7(15)11-8(2,3)6(9)14/h4H,1-3H3,(H2,9,14)(H,12,13)(H2,10,11,15)/t4-/m1/s1. The first-order valence-electron chi connectivity index (χ1n) is 4.28. The van der Waals surface area contributed by atoms with Gasteiger partial charge in [0, 0.05) is 0 Å². The average Bonchev–Trinajstić information content (AvgIpc) is 2.01. The third kappa shape index (κ3) is 4.30. The number of hydrogen-bond donors (Lipinski definition) is 4. The number of carboxylic acid groups (broad SMARTS) is 1. The summed E-state index contributed by atoms with van der Waals surface area (Å²) in [4.78, 5) is 32.4. The molecule has 0 heterocycles. The molecule has 5 N–H and O–H groups in total. The maximum atomic E-state index is 11.2. The third-order valence-corrected chi connectivity index (χ3v) is 1.76. The van der Waals surface area contributed by atoms with Crippen LogP contribution < -0.4 is 16.4 Å². The van der Waals surface area contributed by atoms with Crippen molar-refractivity contribution in [2.24, 2.45) is 5.73 Å². The Morgan fingerprint density at radius 1 is 1.33 bits per heavy atom. The van der Waals surface area contributed by atoms with Gasteiger partial charge in [-0.15, -0.1) is 0 Å². The molecule has 0 aliphatic rings. The van der Waals surface area contributed by atoms with E-state index in [4.69, 9.17) is 10.8 Å². The zero-order chi connectivity index (χ0) is 12.2. The van der Waals surface area contributed by atoms with E-state index in [2.05, 4.69) is 10.6 Å². The molecule has 0 aromatic heterocycles. The lowest BCUT2D eigenvalue weighted by atomic mass is 10.1. The predicted molar refractivity (Wildman–Crippen MR) is 52.0 cm³/mol. The number of urea groups is 1. The van der Waals surface area contributed by atoms with Crippen molar-refractivity contribution in [1.29, 1.82) is 0 Å². The van der Waals surface area contributed by atoms with Crippen molar-refractivity contribution in [2.45, 2.75) is 32.4 Å². The fourth-order valence-corrected chi connectivity index (χ4v) is 0.640. The molecule has 0 unspecified atom stereocenters. The summed E-state index contributed by atoms with van der Waals surface area (Å²) in [6.07, 6.45) is 0. The van der Waals surface area contributed by atoms with Crippen molar-refractivity contribution in [2.75, 3.05) is 0 Å². The minimum absolute atomic E-state index is 0.708. The molecule has 15 heavy (non-hydrogen) atoms. The Hall–Kier alpha value is -1.79. The third-order valence-electron chi connectivity index (χ3n) is 1.76. The van der Waals surface area contributed by atoms with E-state index in [0.717, 1.165) is 0 Å². The number of carbonyl (C=O) groups is 3. The first kappa shape index (κ1) is 13.2. The van der Waals surface area contributed by atoms with E-state index in [1.165, 1.54) is 20.8 Å². The maximum absolute atomic E-state index is 11.2. The van der Waals surface area contributed by atoms with Crippen molar-refractivity contribution in [1.82, 2.24) is 10.6 Å². The summed E-state index contributed by atoms with van der Waals surface area (Å²) in [7, 11) is 0. The molecule has 0 rings (SSSR count). The van der Waals surface area contributed by atoms with Crippen LogP contribution in [0.2, 0.25) is 0 Å². The lowest BCUT2D eigenvalue weighted by molar-refractivity contribution is -0.138. The van der Waals surface area contributed by atoms with E-state index in [1.54, 1.807) is 0 Å². The monoisotopic (exact) mass is 217 g/mol. The first-order chi connectivity index (χ1) is 6.66. The van der Waals surface area contributed by atoms with Gasteiger partial charge in [0.05, 0.1) is 0 Å². The molecule has 0 aliphatic carbocycles. The molecule has 7 heteroatoms. The second-order valence-corrected chi connectivity index (χ2v) is 3.65. The number of rotatable bonds is 4. The lowest BCUT2D eigenvalue weighted by Gasteiger charge is -2.23. The Kier molecular flexibility index (Phi) is 4.07. The van der Waals surface area contributed by atoms with E-state index in [1.807, 2.05) is 0 Å². The van der Waals surface area contributed by atoms with Crippen LogP contribution in [0, 0.1) is 0 Å². The minimum Gasteiger partial charge on any atom is -0.480 e. The molecular formula is C8H15N3O4. The fraction of sp³-hybridized carbons (Fsp3) is 0.625. The molecule has 86 valence electrons. The van der Waals surface area contributed by atoms with Gasteiger partial charge in [-0.2, -0.15) is 0 Å². The minimum atomic E-state index is -1.22. The smallest absolute Gasteiger partial charge is 0.325 e. The Labute approximate surface area is 87.0 Å². The number of nitrogens with one attached hydrogen (secondary N) is 2. The highest BCUT2D eigenvalue weighted by Gasteiger charge is 2.27. The summed E-state index contributed by atoms with van der Waals surface area (Å²) >= 11 is 0. The highest BCUT2D eigenvalue weighted by Crippen LogP contribution is 1.99. The molecule has 0 bridgehead atoms. The van der Waals surface area contributed by atoms with Crippen LogP contribution in [-0.4, -0.2) is 34.6 Å². The molecule has 0 aromatic rings. The van der Waals surface area contributed by atoms with Gasteiger partial charge < -0.3 is 21.5 Å². The number of carbonyl (C=O) groups excluding carboxylic acids is 2. The van der Waals surface area contributed by atoms with Gasteiger partial charge >= 0.3 is 12.0 Å². The van der Waals surface area contributed by atoms with E-state index >= 15 is 0 Å². The Morgan fingerprint density at radius 3 is 2.13 bits per heavy atom. The van der Waals surface area contributed by atoms with Gasteiger partial charge in [-0.25, -0.2) is 4.79 Å². The molecule has 0 aliphatic heterocycles. The molecule has 0 saturated heterocycles. The van der Waals surface area contributed by atoms with Crippen LogP contribution in [-0.2, 0) is 9.59 Å². The second-order valence-electron chi connectivity index (χ2n) is 3.65. The Balaban J connectivity index is 4.27. The van der Waals surface area contributed by atoms with Gasteiger partial charge in [0.2, 0.25) is 5.91 Å². The van der Waals surface area contributed by atoms with Crippen LogP contribution in [0.1, 0.15) is 20.8 Å². The number of carboxylic acids is 1. The van der Waals surface area contributed by atoms with E-state index in [0.29, 0.717) is 0 Å². The number of nitrogens with two attached hydrogens (primary N) is 1. The normalized spacial score (nSPS) is 12.7. The topological polar surface area (TPSA) is 122 Å². The molecule has 0 spiro atoms. The number of hydrogen-bond acceptors (Lipinski definition) is 3. The highest BCUT2D eigenvalue weighted by atomic mass is 16.4. The zero-order valence-corrected chi connectivity index (χ0v) is 8.83. The van der Waals surface area contributed by atoms with Gasteiger partial charge in [0.15, 0.2) is 0 Å². The summed E-state index contributed by atoms with van der Waals surface area (Å²) < 4.78 is 0. The zero-order valence-electron chi connectivity index (χ0n) is 8.83. The Morgan fingerprint density at radius 2 is 1.80 bits per heavy atom. The Bertz CT molecular complexity index is 288. The quantitative estimate of drug-likeness (QED) is 0.483. The molecule has 0 aromatic carbocycles. The van der Waals surface area contributed by atoms with Crippen LogP contribution in [0.15, 0.2) is 0 Å². The molecule has 1 atom stereocenters. The number of primary amides is 1. The van der Waals surface area contributed by atoms with Gasteiger partial charge in [-0.1, -0.05) is 0 Å². The van der Waals surface area contributed by atoms with Crippen LogP contribution in [0.3, 0.4) is 0 Å². The van der Waals surface area contributed by atoms with Gasteiger partial charge in [-0.3, -0.25) is 9.59 Å². The molecule has 0 radical (unpaired) electrons. The summed E-state index contributed by atoms with van der Waals surface area (Å²) in [6.45, 7) is 4.14. The summed E-state index contributed by atoms with van der Waals surface area (Å²) in [6, 6.07) is -1.79. The largest absolute Gasteiger partial charge is 0.480 e. The SMILES string of the molecule is C[C@@H](NC(=O)NC(C)(C)C(N)=O)C(=O)O. The summed E-state index contributed by atoms with van der Waals surface area (Å²) in [5.41, 5.74) is 3.79. The van der Waals surface area contributed by atoms with Crippen molar-refractivity contribution < 1.29 is 19.5 Å². The van der Waals surface area contributed by atoms with E-state index in [9.17, 15) is 14.4 Å². The van der Waals surface area contributed by atoms with Crippen molar-refractivity contribution in [3.63, 3.8) is 0 Å². The summed E-state index contributed by atoms with van der Waals surface area (Å²) in [5.74, 6) is -1.87. The van der Waals surface area contributed by atoms with Crippen LogP contribution in [0.25, 0.3) is 0 Å². The van der Waals surface area contributed by atoms with Crippen LogP contribution in [0.4, 0.5) is 4.79 Å². The summed E-state index contributed by atoms with van der Waals surface area (Å²) in [5, 5.41) is 12.9. The first-order valence-corrected chi connectivity index (χ1v) is 4.28. The number of amides is 3. The molecular weight excluding hydrogens is 202 g/mol. The van der Waals surface area contributed by atoms with Crippen LogP contribution in [0.5, 0.6) is 0 Å². The van der Waals surface area contributed by atoms with Crippen LogP contribution >= 0.6 is 0 Å². The second kappa shape index (κ2) is 4.63. The molecule has 0 fully saturated rings. The van der Waals surface area contributed by atoms with Crippen molar-refractivity contribution in [3.8, 4) is 0 Å². The highest BCUT2D eigenvalue weighted by molar-refractivity contribution is 5.90. The van der Waals surface area contributed by atoms with E-state index < -0.39 is 29.5 Å². The van der Waals surface area contributed by atoms with Crippen molar-refractivity contribution in [3.05, 3.63) is 0 Å². The van der Waals surface area contributed by atoms with Gasteiger partial charge in [0.1, 0.15) is 11.6 Å².